The minimum Gasteiger partial charge on any atom is -0.394 e. The molecule has 0 aromatic carbocycles. The van der Waals surface area contributed by atoms with Crippen LogP contribution in [0.2, 0.25) is 0 Å². The van der Waals surface area contributed by atoms with Crippen molar-refractivity contribution in [2.45, 2.75) is 262 Å². The Labute approximate surface area is 337 Å². The minimum absolute atomic E-state index is 0.174. The van der Waals surface area contributed by atoms with Crippen LogP contribution in [0.1, 0.15) is 219 Å². The fraction of sp³-hybridized carbons (Fsp3) is 0.935. The molecule has 7 atom stereocenters. The van der Waals surface area contributed by atoms with Gasteiger partial charge < -0.3 is 40.3 Å². The molecule has 9 nitrogen and oxygen atoms in total. The molecule has 1 aliphatic heterocycles. The maximum absolute atomic E-state index is 12.9. The van der Waals surface area contributed by atoms with E-state index in [-0.39, 0.29) is 12.5 Å². The lowest BCUT2D eigenvalue weighted by Crippen LogP contribution is -2.60. The molecule has 0 aliphatic carbocycles. The summed E-state index contributed by atoms with van der Waals surface area (Å²) in [5.74, 6) is -0.174. The lowest BCUT2D eigenvalue weighted by Gasteiger charge is -2.40. The zero-order valence-electron chi connectivity index (χ0n) is 35.7. The van der Waals surface area contributed by atoms with Crippen molar-refractivity contribution >= 4 is 5.91 Å². The number of hydrogen-bond donors (Lipinski definition) is 6. The number of hydrogen-bond acceptors (Lipinski definition) is 8. The fourth-order valence-electron chi connectivity index (χ4n) is 7.57. The van der Waals surface area contributed by atoms with Gasteiger partial charge in [0.2, 0.25) is 5.91 Å². The highest BCUT2D eigenvalue weighted by Gasteiger charge is 2.44. The van der Waals surface area contributed by atoms with E-state index in [9.17, 15) is 30.3 Å². The Kier molecular flexibility index (Phi) is 35.2. The third kappa shape index (κ3) is 28.1. The molecule has 0 aromatic heterocycles. The highest BCUT2D eigenvalue weighted by atomic mass is 16.7. The van der Waals surface area contributed by atoms with E-state index in [4.69, 9.17) is 9.47 Å². The summed E-state index contributed by atoms with van der Waals surface area (Å²) in [5.41, 5.74) is 0. The van der Waals surface area contributed by atoms with Gasteiger partial charge in [0.15, 0.2) is 6.29 Å². The monoisotopic (exact) mass is 784 g/mol. The van der Waals surface area contributed by atoms with Gasteiger partial charge in [-0.05, 0) is 19.3 Å². The van der Waals surface area contributed by atoms with E-state index in [1.165, 1.54) is 161 Å². The number of ether oxygens (including phenoxy) is 2. The predicted octanol–water partition coefficient (Wildman–Crippen LogP) is 9.73. The largest absolute Gasteiger partial charge is 0.394 e. The lowest BCUT2D eigenvalue weighted by atomic mass is 9.99. The molecule has 0 aromatic rings. The summed E-state index contributed by atoms with van der Waals surface area (Å²) < 4.78 is 11.2. The first-order valence-electron chi connectivity index (χ1n) is 23.4. The van der Waals surface area contributed by atoms with Crippen molar-refractivity contribution in [3.05, 3.63) is 12.2 Å². The first-order chi connectivity index (χ1) is 26.8. The van der Waals surface area contributed by atoms with E-state index in [0.717, 1.165) is 38.5 Å². The molecular formula is C46H89NO8. The zero-order valence-corrected chi connectivity index (χ0v) is 35.7. The molecule has 6 N–H and O–H groups in total. The van der Waals surface area contributed by atoms with Gasteiger partial charge >= 0.3 is 0 Å². The molecule has 0 unspecified atom stereocenters. The topological polar surface area (TPSA) is 149 Å². The van der Waals surface area contributed by atoms with Gasteiger partial charge in [0, 0.05) is 6.42 Å². The molecule has 55 heavy (non-hydrogen) atoms. The molecule has 1 heterocycles. The van der Waals surface area contributed by atoms with Gasteiger partial charge in [-0.3, -0.25) is 4.79 Å². The molecule has 326 valence electrons. The average Bonchev–Trinajstić information content (AvgIpc) is 3.18. The Morgan fingerprint density at radius 3 is 1.42 bits per heavy atom. The Morgan fingerprint density at radius 1 is 0.600 bits per heavy atom. The summed E-state index contributed by atoms with van der Waals surface area (Å²) in [6, 6.07) is -0.797. The van der Waals surface area contributed by atoms with E-state index in [1.54, 1.807) is 6.08 Å². The quantitative estimate of drug-likeness (QED) is 0.0267. The Hall–Kier alpha value is -1.07. The van der Waals surface area contributed by atoms with Crippen LogP contribution in [0.4, 0.5) is 0 Å². The maximum atomic E-state index is 12.9. The lowest BCUT2D eigenvalue weighted by molar-refractivity contribution is -0.302. The van der Waals surface area contributed by atoms with E-state index >= 15 is 0 Å². The third-order valence-electron chi connectivity index (χ3n) is 11.4. The van der Waals surface area contributed by atoms with Crippen LogP contribution in [0.5, 0.6) is 0 Å². The van der Waals surface area contributed by atoms with Crippen LogP contribution in [0.25, 0.3) is 0 Å². The number of amides is 1. The second-order valence-electron chi connectivity index (χ2n) is 16.6. The fourth-order valence-corrected chi connectivity index (χ4v) is 7.57. The van der Waals surface area contributed by atoms with Crippen LogP contribution in [-0.2, 0) is 14.3 Å². The number of unbranched alkanes of at least 4 members (excludes halogenated alkanes) is 29. The second-order valence-corrected chi connectivity index (χ2v) is 16.6. The molecule has 1 aliphatic rings. The van der Waals surface area contributed by atoms with Gasteiger partial charge in [-0.1, -0.05) is 206 Å². The van der Waals surface area contributed by atoms with Gasteiger partial charge in [-0.25, -0.2) is 0 Å². The van der Waals surface area contributed by atoms with Crippen molar-refractivity contribution in [3.8, 4) is 0 Å². The van der Waals surface area contributed by atoms with Gasteiger partial charge in [-0.2, -0.15) is 0 Å². The molecule has 1 fully saturated rings. The summed E-state index contributed by atoms with van der Waals surface area (Å²) >= 11 is 0. The average molecular weight is 784 g/mol. The third-order valence-corrected chi connectivity index (χ3v) is 11.4. The van der Waals surface area contributed by atoms with Gasteiger partial charge in [0.05, 0.1) is 25.4 Å². The van der Waals surface area contributed by atoms with Crippen molar-refractivity contribution in [1.82, 2.24) is 5.32 Å². The first kappa shape index (κ1) is 51.9. The number of carbonyl (C=O) groups is 1. The summed E-state index contributed by atoms with van der Waals surface area (Å²) in [6.45, 7) is 3.77. The molecule has 0 bridgehead atoms. The summed E-state index contributed by atoms with van der Waals surface area (Å²) in [7, 11) is 0. The number of carbonyl (C=O) groups excluding carboxylic acids is 1. The summed E-state index contributed by atoms with van der Waals surface area (Å²) in [4.78, 5) is 12.9. The first-order valence-corrected chi connectivity index (χ1v) is 23.4. The molecule has 1 amide bonds. The number of rotatable bonds is 39. The maximum Gasteiger partial charge on any atom is 0.220 e. The SMILES string of the molecule is CCCCCCCCCCC/C=C/[C@@H](O)[C@H](CO[C@@H]1O[C@H](CO)[C@@H](O)[C@H](O)[C@H]1O)NC(=O)CCCCCCCCCCCCCCCCCCCCCCC. The van der Waals surface area contributed by atoms with Crippen LogP contribution < -0.4 is 5.32 Å². The van der Waals surface area contributed by atoms with Gasteiger partial charge in [0.25, 0.3) is 0 Å². The van der Waals surface area contributed by atoms with Gasteiger partial charge in [0.1, 0.15) is 24.4 Å². The minimum atomic E-state index is -1.56. The van der Waals surface area contributed by atoms with E-state index in [0.29, 0.717) is 6.42 Å². The number of allylic oxidation sites excluding steroid dienone is 1. The number of aliphatic hydroxyl groups is 5. The normalized spacial score (nSPS) is 21.3. The predicted molar refractivity (Wildman–Crippen MR) is 226 cm³/mol. The van der Waals surface area contributed by atoms with Crippen molar-refractivity contribution in [2.75, 3.05) is 13.2 Å². The van der Waals surface area contributed by atoms with Crippen LogP contribution in [0.3, 0.4) is 0 Å². The van der Waals surface area contributed by atoms with E-state index < -0.39 is 49.5 Å². The molecule has 0 radical (unpaired) electrons. The Balaban J connectivity index is 2.27. The van der Waals surface area contributed by atoms with Crippen molar-refractivity contribution in [3.63, 3.8) is 0 Å². The molecule has 9 heteroatoms. The Bertz CT molecular complexity index is 873. The van der Waals surface area contributed by atoms with Gasteiger partial charge in [-0.15, -0.1) is 0 Å². The summed E-state index contributed by atoms with van der Waals surface area (Å²) in [5, 5.41) is 54.1. The highest BCUT2D eigenvalue weighted by Crippen LogP contribution is 2.23. The number of aliphatic hydroxyl groups excluding tert-OH is 5. The van der Waals surface area contributed by atoms with Crippen LogP contribution in [0, 0.1) is 0 Å². The van der Waals surface area contributed by atoms with E-state index in [1.807, 2.05) is 6.08 Å². The molecule has 1 rings (SSSR count). The van der Waals surface area contributed by atoms with Crippen molar-refractivity contribution in [2.24, 2.45) is 0 Å². The van der Waals surface area contributed by atoms with Crippen molar-refractivity contribution < 1.29 is 39.8 Å². The molecule has 1 saturated heterocycles. The summed E-state index contributed by atoms with van der Waals surface area (Å²) in [6.07, 6.45) is 35.5. The molecule has 0 saturated carbocycles. The van der Waals surface area contributed by atoms with Crippen molar-refractivity contribution in [1.29, 1.82) is 0 Å². The van der Waals surface area contributed by atoms with Crippen LogP contribution in [-0.4, -0.2) is 87.5 Å². The van der Waals surface area contributed by atoms with Crippen LogP contribution >= 0.6 is 0 Å². The highest BCUT2D eigenvalue weighted by molar-refractivity contribution is 5.76. The zero-order chi connectivity index (χ0) is 40.2. The molecular weight excluding hydrogens is 695 g/mol. The van der Waals surface area contributed by atoms with Crippen LogP contribution in [0.15, 0.2) is 12.2 Å². The standard InChI is InChI=1S/C46H89NO8/c1-3-5-7-9-11-13-15-16-17-18-19-20-21-22-23-24-26-28-30-32-34-36-42(50)47-39(38-54-46-45(53)44(52)43(51)41(37-48)55-46)40(49)35-33-31-29-27-25-14-12-10-8-6-4-2/h33,35,39-41,43-46,48-49,51-53H,3-32,34,36-38H2,1-2H3,(H,47,50)/b35-33+/t39-,40+,41+,43+,44-,45+,46+/m0/s1. The Morgan fingerprint density at radius 2 is 1.00 bits per heavy atom. The molecule has 0 spiro atoms. The second kappa shape index (κ2) is 37.2. The number of nitrogens with one attached hydrogen (secondary N) is 1. The van der Waals surface area contributed by atoms with E-state index in [2.05, 4.69) is 19.2 Å². The smallest absolute Gasteiger partial charge is 0.220 e.